The maximum atomic E-state index is 5.31. The molecule has 0 amide bonds. The van der Waals surface area contributed by atoms with Gasteiger partial charge in [-0.05, 0) is 19.1 Å². The molecule has 0 aromatic carbocycles. The Morgan fingerprint density at radius 2 is 2.11 bits per heavy atom. The zero-order chi connectivity index (χ0) is 13.7. The van der Waals surface area contributed by atoms with Crippen molar-refractivity contribution in [3.63, 3.8) is 0 Å². The van der Waals surface area contributed by atoms with E-state index in [0.29, 0.717) is 29.8 Å². The maximum Gasteiger partial charge on any atom is 0.321 e. The lowest BCUT2D eigenvalue weighted by atomic mass is 10.3. The quantitative estimate of drug-likeness (QED) is 0.870. The zero-order valence-corrected chi connectivity index (χ0v) is 11.0. The average Bonchev–Trinajstić information content (AvgIpc) is 2.47. The number of pyridine rings is 1. The van der Waals surface area contributed by atoms with Crippen LogP contribution in [0.3, 0.4) is 0 Å². The molecule has 0 radical (unpaired) electrons. The van der Waals surface area contributed by atoms with Gasteiger partial charge in [0.05, 0.1) is 13.7 Å². The normalized spacial score (nSPS) is 10.1. The SMILES string of the molecule is CCOc1nc(NC)nc(-c2ncccc2OC)n1. The largest absolute Gasteiger partial charge is 0.494 e. The number of hydrogen-bond donors (Lipinski definition) is 1. The fourth-order valence-corrected chi connectivity index (χ4v) is 1.49. The first-order chi connectivity index (χ1) is 9.28. The minimum atomic E-state index is 0.254. The van der Waals surface area contributed by atoms with Crippen LogP contribution in [0.15, 0.2) is 18.3 Å². The molecule has 0 aliphatic carbocycles. The van der Waals surface area contributed by atoms with E-state index in [1.165, 1.54) is 0 Å². The van der Waals surface area contributed by atoms with Crippen LogP contribution < -0.4 is 14.8 Å². The van der Waals surface area contributed by atoms with Gasteiger partial charge in [0.25, 0.3) is 0 Å². The molecule has 2 aromatic rings. The molecule has 0 aliphatic rings. The van der Waals surface area contributed by atoms with Gasteiger partial charge in [-0.2, -0.15) is 15.0 Å². The summed E-state index contributed by atoms with van der Waals surface area (Å²) in [6.45, 7) is 2.34. The molecule has 0 unspecified atom stereocenters. The summed E-state index contributed by atoms with van der Waals surface area (Å²) in [7, 11) is 3.30. The Morgan fingerprint density at radius 3 is 2.79 bits per heavy atom. The van der Waals surface area contributed by atoms with Crippen LogP contribution in [-0.4, -0.2) is 40.7 Å². The highest BCUT2D eigenvalue weighted by Crippen LogP contribution is 2.25. The first-order valence-corrected chi connectivity index (χ1v) is 5.84. The molecule has 2 rings (SSSR count). The fraction of sp³-hybridized carbons (Fsp3) is 0.333. The molecule has 0 saturated carbocycles. The first-order valence-electron chi connectivity index (χ1n) is 5.84. The third-order valence-electron chi connectivity index (χ3n) is 2.31. The lowest BCUT2D eigenvalue weighted by Gasteiger charge is -2.08. The van der Waals surface area contributed by atoms with E-state index in [9.17, 15) is 0 Å². The topological polar surface area (TPSA) is 82.0 Å². The van der Waals surface area contributed by atoms with Gasteiger partial charge in [-0.1, -0.05) is 0 Å². The lowest BCUT2D eigenvalue weighted by molar-refractivity contribution is 0.312. The molecule has 0 fully saturated rings. The third kappa shape index (κ3) is 2.87. The molecule has 0 bridgehead atoms. The van der Waals surface area contributed by atoms with E-state index in [2.05, 4.69) is 25.3 Å². The van der Waals surface area contributed by atoms with Crippen molar-refractivity contribution >= 4 is 5.95 Å². The molecule has 0 spiro atoms. The van der Waals surface area contributed by atoms with E-state index < -0.39 is 0 Å². The summed E-state index contributed by atoms with van der Waals surface area (Å²) in [6, 6.07) is 3.84. The second kappa shape index (κ2) is 5.94. The summed E-state index contributed by atoms with van der Waals surface area (Å²) in [5.74, 6) is 1.42. The van der Waals surface area contributed by atoms with Gasteiger partial charge in [-0.3, -0.25) is 0 Å². The second-order valence-electron chi connectivity index (χ2n) is 3.50. The van der Waals surface area contributed by atoms with Gasteiger partial charge in [-0.15, -0.1) is 0 Å². The van der Waals surface area contributed by atoms with Crippen molar-refractivity contribution < 1.29 is 9.47 Å². The van der Waals surface area contributed by atoms with Crippen LogP contribution in [0.5, 0.6) is 11.8 Å². The molecule has 100 valence electrons. The molecule has 7 heteroatoms. The van der Waals surface area contributed by atoms with Crippen molar-refractivity contribution in [3.8, 4) is 23.3 Å². The highest BCUT2D eigenvalue weighted by Gasteiger charge is 2.13. The van der Waals surface area contributed by atoms with Gasteiger partial charge >= 0.3 is 6.01 Å². The molecule has 7 nitrogen and oxygen atoms in total. The van der Waals surface area contributed by atoms with Crippen molar-refractivity contribution in [1.29, 1.82) is 0 Å². The van der Waals surface area contributed by atoms with Crippen LogP contribution in [0, 0.1) is 0 Å². The van der Waals surface area contributed by atoms with Crippen LogP contribution in [0.2, 0.25) is 0 Å². The zero-order valence-electron chi connectivity index (χ0n) is 11.0. The number of anilines is 1. The number of aromatic nitrogens is 4. The number of hydrogen-bond acceptors (Lipinski definition) is 7. The van der Waals surface area contributed by atoms with Crippen LogP contribution in [0.25, 0.3) is 11.5 Å². The van der Waals surface area contributed by atoms with Crippen LogP contribution in [0.1, 0.15) is 6.92 Å². The van der Waals surface area contributed by atoms with Gasteiger partial charge in [0, 0.05) is 13.2 Å². The van der Waals surface area contributed by atoms with E-state index in [4.69, 9.17) is 9.47 Å². The molecule has 1 N–H and O–H groups in total. The predicted molar refractivity (Wildman–Crippen MR) is 70.3 cm³/mol. The molecular weight excluding hydrogens is 246 g/mol. The van der Waals surface area contributed by atoms with Gasteiger partial charge in [0.15, 0.2) is 5.82 Å². The minimum absolute atomic E-state index is 0.254. The number of methoxy groups -OCH3 is 1. The van der Waals surface area contributed by atoms with Crippen molar-refractivity contribution in [3.05, 3.63) is 18.3 Å². The van der Waals surface area contributed by atoms with Crippen molar-refractivity contribution in [1.82, 2.24) is 19.9 Å². The molecule has 2 aromatic heterocycles. The highest BCUT2D eigenvalue weighted by atomic mass is 16.5. The lowest BCUT2D eigenvalue weighted by Crippen LogP contribution is -2.06. The van der Waals surface area contributed by atoms with Crippen LogP contribution in [-0.2, 0) is 0 Å². The summed E-state index contributed by atoms with van der Waals surface area (Å²) in [6.07, 6.45) is 1.65. The average molecular weight is 261 g/mol. The summed E-state index contributed by atoms with van der Waals surface area (Å²) in [5.41, 5.74) is 0.546. The molecule has 0 saturated heterocycles. The Kier molecular flexibility index (Phi) is 4.07. The minimum Gasteiger partial charge on any atom is -0.494 e. The maximum absolute atomic E-state index is 5.31. The third-order valence-corrected chi connectivity index (χ3v) is 2.31. The van der Waals surface area contributed by atoms with E-state index in [1.807, 2.05) is 6.92 Å². The van der Waals surface area contributed by atoms with Gasteiger partial charge in [-0.25, -0.2) is 4.98 Å². The van der Waals surface area contributed by atoms with Gasteiger partial charge in [0.1, 0.15) is 11.4 Å². The van der Waals surface area contributed by atoms with Crippen molar-refractivity contribution in [2.75, 3.05) is 26.1 Å². The van der Waals surface area contributed by atoms with E-state index >= 15 is 0 Å². The molecule has 2 heterocycles. The Hall–Kier alpha value is -2.44. The molecule has 0 atom stereocenters. The molecular formula is C12H15N5O2. The number of nitrogens with one attached hydrogen (secondary N) is 1. The summed E-state index contributed by atoms with van der Waals surface area (Å²) >= 11 is 0. The van der Waals surface area contributed by atoms with E-state index in [-0.39, 0.29) is 6.01 Å². The molecule has 19 heavy (non-hydrogen) atoms. The van der Waals surface area contributed by atoms with Crippen LogP contribution in [0.4, 0.5) is 5.95 Å². The molecule has 0 aliphatic heterocycles. The summed E-state index contributed by atoms with van der Waals surface area (Å²) in [5, 5.41) is 2.86. The highest BCUT2D eigenvalue weighted by molar-refractivity contribution is 5.59. The Labute approximate surface area is 111 Å². The van der Waals surface area contributed by atoms with E-state index in [0.717, 1.165) is 0 Å². The number of nitrogens with zero attached hydrogens (tertiary/aromatic N) is 4. The number of ether oxygens (including phenoxy) is 2. The van der Waals surface area contributed by atoms with Crippen molar-refractivity contribution in [2.24, 2.45) is 0 Å². The van der Waals surface area contributed by atoms with Gasteiger partial charge < -0.3 is 14.8 Å². The first kappa shape index (κ1) is 13.0. The van der Waals surface area contributed by atoms with Crippen LogP contribution >= 0.6 is 0 Å². The summed E-state index contributed by atoms with van der Waals surface area (Å²) < 4.78 is 10.6. The fourth-order valence-electron chi connectivity index (χ4n) is 1.49. The number of rotatable bonds is 5. The standard InChI is InChI=1S/C12H15N5O2/c1-4-19-12-16-10(15-11(13-2)17-12)9-8(18-3)6-5-7-14-9/h5-7H,4H2,1-3H3,(H,13,15,16,17). The Balaban J connectivity index is 2.51. The summed E-state index contributed by atoms with van der Waals surface area (Å²) in [4.78, 5) is 16.8. The Bertz CT molecular complexity index is 562. The smallest absolute Gasteiger partial charge is 0.321 e. The van der Waals surface area contributed by atoms with E-state index in [1.54, 1.807) is 32.5 Å². The Morgan fingerprint density at radius 1 is 1.26 bits per heavy atom. The predicted octanol–water partition coefficient (Wildman–Crippen LogP) is 1.38. The monoisotopic (exact) mass is 261 g/mol. The van der Waals surface area contributed by atoms with Gasteiger partial charge in [0.2, 0.25) is 5.95 Å². The van der Waals surface area contributed by atoms with Crippen molar-refractivity contribution in [2.45, 2.75) is 6.92 Å². The second-order valence-corrected chi connectivity index (χ2v) is 3.50.